The third-order valence-corrected chi connectivity index (χ3v) is 4.10. The Kier molecular flexibility index (Phi) is 2.77. The molecule has 0 saturated carbocycles. The van der Waals surface area contributed by atoms with Crippen molar-refractivity contribution in [2.24, 2.45) is 0 Å². The second-order valence-electron chi connectivity index (χ2n) is 5.76. The summed E-state index contributed by atoms with van der Waals surface area (Å²) < 4.78 is 37.8. The zero-order valence-electron chi connectivity index (χ0n) is 11.6. The monoisotopic (exact) mass is 290 g/mol. The number of fused-ring (bicyclic) bond motifs is 3. The fraction of sp³-hybridized carbons (Fsp3) is 0.235. The van der Waals surface area contributed by atoms with Crippen LogP contribution >= 0.6 is 0 Å². The van der Waals surface area contributed by atoms with Gasteiger partial charge in [-0.2, -0.15) is 13.2 Å². The molecular formula is C17H13F3O. The number of hydrogen-bond donors (Lipinski definition) is 0. The molecule has 0 spiro atoms. The van der Waals surface area contributed by atoms with Crippen LogP contribution < -0.4 is 0 Å². The van der Waals surface area contributed by atoms with Crippen molar-refractivity contribution in [2.45, 2.75) is 25.4 Å². The third-order valence-electron chi connectivity index (χ3n) is 4.10. The Morgan fingerprint density at radius 3 is 2.24 bits per heavy atom. The van der Waals surface area contributed by atoms with E-state index >= 15 is 0 Å². The number of hydrogen-bond acceptors (Lipinski definition) is 1. The lowest BCUT2D eigenvalue weighted by atomic mass is 9.82. The largest absolute Gasteiger partial charge is 0.454 e. The van der Waals surface area contributed by atoms with Gasteiger partial charge in [0.25, 0.3) is 5.78 Å². The van der Waals surface area contributed by atoms with Crippen LogP contribution in [0, 0.1) is 0 Å². The molecule has 0 amide bonds. The van der Waals surface area contributed by atoms with Crippen LogP contribution in [0.5, 0.6) is 0 Å². The molecule has 1 aliphatic carbocycles. The topological polar surface area (TPSA) is 17.1 Å². The zero-order valence-corrected chi connectivity index (χ0v) is 11.6. The molecule has 3 rings (SSSR count). The number of benzene rings is 2. The second-order valence-corrected chi connectivity index (χ2v) is 5.76. The fourth-order valence-corrected chi connectivity index (χ4v) is 3.01. The maximum Gasteiger partial charge on any atom is 0.454 e. The van der Waals surface area contributed by atoms with Crippen molar-refractivity contribution in [3.8, 4) is 11.1 Å². The van der Waals surface area contributed by atoms with E-state index in [1.807, 2.05) is 38.1 Å². The van der Waals surface area contributed by atoms with E-state index in [9.17, 15) is 18.0 Å². The molecule has 0 radical (unpaired) electrons. The molecule has 0 N–H and O–H groups in total. The van der Waals surface area contributed by atoms with E-state index in [0.717, 1.165) is 22.3 Å². The van der Waals surface area contributed by atoms with E-state index < -0.39 is 17.4 Å². The number of halogens is 3. The molecule has 0 atom stereocenters. The van der Waals surface area contributed by atoms with Gasteiger partial charge in [0, 0.05) is 11.0 Å². The Labute approximate surface area is 120 Å². The van der Waals surface area contributed by atoms with Gasteiger partial charge in [0.05, 0.1) is 0 Å². The molecule has 0 bridgehead atoms. The highest BCUT2D eigenvalue weighted by Gasteiger charge is 2.41. The van der Waals surface area contributed by atoms with Gasteiger partial charge in [0.15, 0.2) is 0 Å². The summed E-state index contributed by atoms with van der Waals surface area (Å²) in [5.74, 6) is -1.79. The first-order chi connectivity index (χ1) is 9.73. The molecule has 0 aromatic heterocycles. The van der Waals surface area contributed by atoms with E-state index in [-0.39, 0.29) is 5.56 Å². The van der Waals surface area contributed by atoms with Gasteiger partial charge in [0.2, 0.25) is 0 Å². The Morgan fingerprint density at radius 1 is 0.952 bits per heavy atom. The Bertz CT molecular complexity index is 742. The van der Waals surface area contributed by atoms with Crippen molar-refractivity contribution < 1.29 is 18.0 Å². The predicted molar refractivity (Wildman–Crippen MR) is 74.4 cm³/mol. The molecule has 108 valence electrons. The first-order valence-electron chi connectivity index (χ1n) is 6.59. The van der Waals surface area contributed by atoms with Crippen molar-refractivity contribution in [3.63, 3.8) is 0 Å². The lowest BCUT2D eigenvalue weighted by Gasteiger charge is -2.21. The van der Waals surface area contributed by atoms with E-state index in [1.54, 1.807) is 6.07 Å². The first-order valence-corrected chi connectivity index (χ1v) is 6.59. The molecule has 0 aliphatic heterocycles. The molecule has 2 aromatic rings. The highest BCUT2D eigenvalue weighted by molar-refractivity contribution is 6.01. The van der Waals surface area contributed by atoms with Crippen LogP contribution in [0.25, 0.3) is 11.1 Å². The molecule has 0 heterocycles. The average molecular weight is 290 g/mol. The Morgan fingerprint density at radius 2 is 1.57 bits per heavy atom. The maximum absolute atomic E-state index is 12.6. The number of carbonyl (C=O) groups is 1. The molecule has 0 fully saturated rings. The molecule has 2 aromatic carbocycles. The smallest absolute Gasteiger partial charge is 0.284 e. The normalized spacial score (nSPS) is 15.5. The van der Waals surface area contributed by atoms with Crippen LogP contribution in [0.4, 0.5) is 13.2 Å². The second kappa shape index (κ2) is 4.20. The maximum atomic E-state index is 12.6. The summed E-state index contributed by atoms with van der Waals surface area (Å²) >= 11 is 0. The highest BCUT2D eigenvalue weighted by atomic mass is 19.4. The van der Waals surface area contributed by atoms with Crippen LogP contribution in [-0.4, -0.2) is 12.0 Å². The molecule has 1 nitrogen and oxygen atoms in total. The van der Waals surface area contributed by atoms with Crippen LogP contribution in [0.2, 0.25) is 0 Å². The number of ketones is 1. The molecular weight excluding hydrogens is 277 g/mol. The van der Waals surface area contributed by atoms with Crippen LogP contribution in [0.15, 0.2) is 42.5 Å². The Balaban J connectivity index is 2.19. The van der Waals surface area contributed by atoms with Crippen molar-refractivity contribution in [3.05, 3.63) is 59.2 Å². The van der Waals surface area contributed by atoms with Crippen molar-refractivity contribution in [2.75, 3.05) is 0 Å². The van der Waals surface area contributed by atoms with Gasteiger partial charge in [-0.15, -0.1) is 0 Å². The van der Waals surface area contributed by atoms with Gasteiger partial charge >= 0.3 is 6.18 Å². The van der Waals surface area contributed by atoms with Gasteiger partial charge in [-0.25, -0.2) is 0 Å². The predicted octanol–water partition coefficient (Wildman–Crippen LogP) is 4.74. The summed E-state index contributed by atoms with van der Waals surface area (Å²) in [7, 11) is 0. The SMILES string of the molecule is CC1(C)c2ccccc2-c2ccc(C(=O)C(F)(F)F)cc21. The molecule has 1 aliphatic rings. The van der Waals surface area contributed by atoms with Crippen molar-refractivity contribution >= 4 is 5.78 Å². The summed E-state index contributed by atoms with van der Waals surface area (Å²) in [6.07, 6.45) is -4.84. The van der Waals surface area contributed by atoms with Gasteiger partial charge in [-0.3, -0.25) is 4.79 Å². The van der Waals surface area contributed by atoms with Crippen molar-refractivity contribution in [1.82, 2.24) is 0 Å². The summed E-state index contributed by atoms with van der Waals surface area (Å²) in [4.78, 5) is 11.4. The fourth-order valence-electron chi connectivity index (χ4n) is 3.01. The van der Waals surface area contributed by atoms with Gasteiger partial charge in [0.1, 0.15) is 0 Å². The number of alkyl halides is 3. The quantitative estimate of drug-likeness (QED) is 0.693. The summed E-state index contributed by atoms with van der Waals surface area (Å²) in [5.41, 5.74) is 3.03. The Hall–Kier alpha value is -2.10. The van der Waals surface area contributed by atoms with Crippen LogP contribution in [0.3, 0.4) is 0 Å². The lowest BCUT2D eigenvalue weighted by molar-refractivity contribution is -0.0885. The van der Waals surface area contributed by atoms with E-state index in [0.29, 0.717) is 0 Å². The van der Waals surface area contributed by atoms with Crippen LogP contribution in [-0.2, 0) is 5.41 Å². The number of carbonyl (C=O) groups excluding carboxylic acids is 1. The first kappa shape index (κ1) is 13.9. The van der Waals surface area contributed by atoms with Crippen molar-refractivity contribution in [1.29, 1.82) is 0 Å². The van der Waals surface area contributed by atoms with E-state index in [4.69, 9.17) is 0 Å². The summed E-state index contributed by atoms with van der Waals surface area (Å²) in [6.45, 7) is 3.92. The van der Waals surface area contributed by atoms with E-state index in [2.05, 4.69) is 0 Å². The molecule has 4 heteroatoms. The van der Waals surface area contributed by atoms with E-state index in [1.165, 1.54) is 12.1 Å². The number of Topliss-reactive ketones (excluding diaryl/α,β-unsaturated/α-hetero) is 1. The minimum atomic E-state index is -4.84. The third kappa shape index (κ3) is 1.97. The molecule has 0 unspecified atom stereocenters. The average Bonchev–Trinajstić information content (AvgIpc) is 2.66. The minimum Gasteiger partial charge on any atom is -0.284 e. The molecule has 0 saturated heterocycles. The van der Waals surface area contributed by atoms with Gasteiger partial charge in [-0.05, 0) is 28.3 Å². The summed E-state index contributed by atoms with van der Waals surface area (Å²) in [5, 5.41) is 0. The van der Waals surface area contributed by atoms with Gasteiger partial charge in [-0.1, -0.05) is 50.2 Å². The van der Waals surface area contributed by atoms with Gasteiger partial charge < -0.3 is 0 Å². The standard InChI is InChI=1S/C17H13F3O/c1-16(2)13-6-4-3-5-11(13)12-8-7-10(9-14(12)16)15(21)17(18,19)20/h3-9H,1-2H3. The summed E-state index contributed by atoms with van der Waals surface area (Å²) in [6, 6.07) is 12.0. The molecule has 21 heavy (non-hydrogen) atoms. The minimum absolute atomic E-state index is 0.304. The number of rotatable bonds is 1. The highest BCUT2D eigenvalue weighted by Crippen LogP contribution is 2.48. The van der Waals surface area contributed by atoms with Crippen LogP contribution in [0.1, 0.15) is 35.3 Å². The zero-order chi connectivity index (χ0) is 15.4. The lowest BCUT2D eigenvalue weighted by Crippen LogP contribution is -2.23.